The van der Waals surface area contributed by atoms with Gasteiger partial charge in [0, 0.05) is 30.1 Å². The normalized spacial score (nSPS) is 11.2. The van der Waals surface area contributed by atoms with E-state index in [2.05, 4.69) is 18.8 Å². The zero-order chi connectivity index (χ0) is 14.7. The van der Waals surface area contributed by atoms with Gasteiger partial charge in [0.25, 0.3) is 5.56 Å². The molecule has 20 heavy (non-hydrogen) atoms. The highest BCUT2D eigenvalue weighted by Crippen LogP contribution is 2.19. The first-order chi connectivity index (χ1) is 9.52. The quantitative estimate of drug-likeness (QED) is 0.847. The lowest BCUT2D eigenvalue weighted by molar-refractivity contribution is 0.567. The largest absolute Gasteiger partial charge is 0.331 e. The van der Waals surface area contributed by atoms with E-state index in [0.29, 0.717) is 12.5 Å². The van der Waals surface area contributed by atoms with Crippen LogP contribution in [0.1, 0.15) is 43.8 Å². The molecular formula is C14H19N3O2S. The van der Waals surface area contributed by atoms with E-state index in [0.717, 1.165) is 17.1 Å². The van der Waals surface area contributed by atoms with Crippen LogP contribution in [0.2, 0.25) is 0 Å². The molecule has 0 spiro atoms. The van der Waals surface area contributed by atoms with Crippen molar-refractivity contribution >= 4 is 11.3 Å². The van der Waals surface area contributed by atoms with Crippen LogP contribution in [0.3, 0.4) is 0 Å². The van der Waals surface area contributed by atoms with E-state index in [4.69, 9.17) is 0 Å². The summed E-state index contributed by atoms with van der Waals surface area (Å²) in [6.45, 7) is 7.01. The SMILES string of the molecule is CCCn1ccc(=O)n(Cc2csc(C(C)C)n2)c1=O. The number of aromatic nitrogens is 3. The predicted octanol–water partition coefficient (Wildman–Crippen LogP) is 2.05. The Morgan fingerprint density at radius 3 is 2.70 bits per heavy atom. The van der Waals surface area contributed by atoms with E-state index in [-0.39, 0.29) is 17.8 Å². The monoisotopic (exact) mass is 293 g/mol. The summed E-state index contributed by atoms with van der Waals surface area (Å²) in [5.41, 5.74) is 0.229. The molecular weight excluding hydrogens is 274 g/mol. The smallest absolute Gasteiger partial charge is 0.300 e. The summed E-state index contributed by atoms with van der Waals surface area (Å²) in [4.78, 5) is 28.6. The molecule has 0 saturated heterocycles. The molecule has 0 unspecified atom stereocenters. The first kappa shape index (κ1) is 14.7. The van der Waals surface area contributed by atoms with Crippen LogP contribution in [0.5, 0.6) is 0 Å². The van der Waals surface area contributed by atoms with E-state index >= 15 is 0 Å². The first-order valence-electron chi connectivity index (χ1n) is 6.77. The van der Waals surface area contributed by atoms with Crippen molar-refractivity contribution in [3.05, 3.63) is 49.2 Å². The van der Waals surface area contributed by atoms with Gasteiger partial charge in [0.15, 0.2) is 0 Å². The molecule has 0 fully saturated rings. The van der Waals surface area contributed by atoms with Gasteiger partial charge in [0.1, 0.15) is 0 Å². The van der Waals surface area contributed by atoms with Gasteiger partial charge in [-0.2, -0.15) is 0 Å². The van der Waals surface area contributed by atoms with Gasteiger partial charge in [-0.15, -0.1) is 11.3 Å². The Balaban J connectivity index is 2.35. The molecule has 0 bridgehead atoms. The van der Waals surface area contributed by atoms with Crippen LogP contribution in [0, 0.1) is 0 Å². The van der Waals surface area contributed by atoms with Gasteiger partial charge in [0.05, 0.1) is 17.2 Å². The van der Waals surface area contributed by atoms with Crippen molar-refractivity contribution in [2.45, 2.75) is 46.2 Å². The summed E-state index contributed by atoms with van der Waals surface area (Å²) in [6, 6.07) is 1.44. The number of hydrogen-bond donors (Lipinski definition) is 0. The van der Waals surface area contributed by atoms with Crippen LogP contribution in [0.25, 0.3) is 0 Å². The Kier molecular flexibility index (Phi) is 4.54. The number of aryl methyl sites for hydroxylation is 1. The van der Waals surface area contributed by atoms with Crippen molar-refractivity contribution in [3.8, 4) is 0 Å². The van der Waals surface area contributed by atoms with Crippen LogP contribution >= 0.6 is 11.3 Å². The van der Waals surface area contributed by atoms with Crippen molar-refractivity contribution in [1.82, 2.24) is 14.1 Å². The Morgan fingerprint density at radius 1 is 1.35 bits per heavy atom. The number of hydrogen-bond acceptors (Lipinski definition) is 4. The highest BCUT2D eigenvalue weighted by Gasteiger charge is 2.10. The minimum atomic E-state index is -0.276. The van der Waals surface area contributed by atoms with E-state index < -0.39 is 0 Å². The fourth-order valence-electron chi connectivity index (χ4n) is 1.94. The summed E-state index contributed by atoms with van der Waals surface area (Å²) in [5, 5.41) is 2.94. The lowest BCUT2D eigenvalue weighted by Crippen LogP contribution is -2.39. The topological polar surface area (TPSA) is 56.9 Å². The molecule has 0 N–H and O–H groups in total. The van der Waals surface area contributed by atoms with Crippen LogP contribution in [-0.2, 0) is 13.1 Å². The fourth-order valence-corrected chi connectivity index (χ4v) is 2.76. The molecule has 2 aromatic heterocycles. The van der Waals surface area contributed by atoms with E-state index in [9.17, 15) is 9.59 Å². The second kappa shape index (κ2) is 6.17. The molecule has 2 aromatic rings. The van der Waals surface area contributed by atoms with Crippen molar-refractivity contribution in [2.75, 3.05) is 0 Å². The van der Waals surface area contributed by atoms with E-state index in [1.165, 1.54) is 10.6 Å². The third-order valence-corrected chi connectivity index (χ3v) is 4.18. The predicted molar refractivity (Wildman–Crippen MR) is 80.6 cm³/mol. The molecule has 0 amide bonds. The second-order valence-electron chi connectivity index (χ2n) is 5.05. The zero-order valence-electron chi connectivity index (χ0n) is 12.0. The van der Waals surface area contributed by atoms with Crippen molar-refractivity contribution in [3.63, 3.8) is 0 Å². The first-order valence-corrected chi connectivity index (χ1v) is 7.65. The molecule has 2 rings (SSSR count). The summed E-state index contributed by atoms with van der Waals surface area (Å²) in [5.74, 6) is 0.359. The maximum Gasteiger partial charge on any atom is 0.331 e. The van der Waals surface area contributed by atoms with Crippen LogP contribution in [-0.4, -0.2) is 14.1 Å². The molecule has 0 aliphatic carbocycles. The third kappa shape index (κ3) is 3.07. The summed E-state index contributed by atoms with van der Waals surface area (Å²) in [6.07, 6.45) is 2.41. The molecule has 0 aromatic carbocycles. The Labute approximate surface area is 121 Å². The Morgan fingerprint density at radius 2 is 2.10 bits per heavy atom. The summed E-state index contributed by atoms with van der Waals surface area (Å²) >= 11 is 1.57. The van der Waals surface area contributed by atoms with Crippen LogP contribution < -0.4 is 11.2 Å². The van der Waals surface area contributed by atoms with Gasteiger partial charge in [-0.1, -0.05) is 20.8 Å². The zero-order valence-corrected chi connectivity index (χ0v) is 12.8. The van der Waals surface area contributed by atoms with Gasteiger partial charge in [-0.3, -0.25) is 9.36 Å². The minimum Gasteiger partial charge on any atom is -0.300 e. The molecule has 108 valence electrons. The van der Waals surface area contributed by atoms with Gasteiger partial charge >= 0.3 is 5.69 Å². The van der Waals surface area contributed by atoms with E-state index in [1.807, 2.05) is 12.3 Å². The molecule has 2 heterocycles. The molecule has 0 aliphatic heterocycles. The second-order valence-corrected chi connectivity index (χ2v) is 5.94. The third-order valence-electron chi connectivity index (χ3n) is 2.99. The van der Waals surface area contributed by atoms with Crippen molar-refractivity contribution in [2.24, 2.45) is 0 Å². The van der Waals surface area contributed by atoms with Crippen LogP contribution in [0.4, 0.5) is 0 Å². The maximum absolute atomic E-state index is 12.2. The molecule has 5 nitrogen and oxygen atoms in total. The van der Waals surface area contributed by atoms with Crippen molar-refractivity contribution in [1.29, 1.82) is 0 Å². The lowest BCUT2D eigenvalue weighted by atomic mass is 10.2. The van der Waals surface area contributed by atoms with Gasteiger partial charge in [-0.25, -0.2) is 9.78 Å². The lowest BCUT2D eigenvalue weighted by Gasteiger charge is -2.07. The Bertz CT molecular complexity index is 697. The Hall–Kier alpha value is -1.69. The maximum atomic E-state index is 12.2. The highest BCUT2D eigenvalue weighted by atomic mass is 32.1. The minimum absolute atomic E-state index is 0.242. The summed E-state index contributed by atoms with van der Waals surface area (Å²) < 4.78 is 2.81. The van der Waals surface area contributed by atoms with Crippen molar-refractivity contribution < 1.29 is 0 Å². The molecule has 0 radical (unpaired) electrons. The number of nitrogens with zero attached hydrogens (tertiary/aromatic N) is 3. The molecule has 6 heteroatoms. The fraction of sp³-hybridized carbons (Fsp3) is 0.500. The molecule has 0 saturated carbocycles. The average molecular weight is 293 g/mol. The number of rotatable bonds is 5. The molecule has 0 aliphatic rings. The average Bonchev–Trinajstić information content (AvgIpc) is 2.87. The highest BCUT2D eigenvalue weighted by molar-refractivity contribution is 7.09. The summed E-state index contributed by atoms with van der Waals surface area (Å²) in [7, 11) is 0. The van der Waals surface area contributed by atoms with Gasteiger partial charge < -0.3 is 4.57 Å². The van der Waals surface area contributed by atoms with E-state index in [1.54, 1.807) is 22.1 Å². The van der Waals surface area contributed by atoms with Gasteiger partial charge in [0.2, 0.25) is 0 Å². The van der Waals surface area contributed by atoms with Gasteiger partial charge in [-0.05, 0) is 6.42 Å². The molecule has 0 atom stereocenters. The van der Waals surface area contributed by atoms with Crippen LogP contribution in [0.15, 0.2) is 27.2 Å². The standard InChI is InChI=1S/C14H19N3O2S/c1-4-6-16-7-5-12(18)17(14(16)19)8-11-9-20-13(15-11)10(2)3/h5,7,9-10H,4,6,8H2,1-3H3. The number of thiazole rings is 1.